The molecule has 42 heavy (non-hydrogen) atoms. The van der Waals surface area contributed by atoms with Gasteiger partial charge in [0.2, 0.25) is 5.91 Å². The maximum Gasteiger partial charge on any atom is 0.321 e. The second-order valence-corrected chi connectivity index (χ2v) is 13.2. The van der Waals surface area contributed by atoms with E-state index in [9.17, 15) is 14.4 Å². The fraction of sp³-hybridized carbons (Fsp3) is 0.452. The third-order valence-corrected chi connectivity index (χ3v) is 9.91. The Bertz CT molecular complexity index is 1640. The molecule has 2 saturated heterocycles. The van der Waals surface area contributed by atoms with E-state index in [0.717, 1.165) is 34.7 Å². The molecule has 10 nitrogen and oxygen atoms in total. The summed E-state index contributed by atoms with van der Waals surface area (Å²) < 4.78 is 7.18. The molecule has 2 atom stereocenters. The standard InChI is InChI=1S/C31H34N6O4S/c1-16-22(9-11-26(38)32-16)37-15-21-19(28(37)39)8-10-25(33-21)34-30(40)36-31(2,3)29-35-27-20(23-5-4-12-41-23)13-18(17-6-7-17)14-24(27)42-29/h8,10,13-14,17,22-23H,1,4-7,9,11-12,15H2,2-3H3,(H,32,38)(H2,33,34,36,40). The van der Waals surface area contributed by atoms with E-state index < -0.39 is 11.6 Å². The lowest BCUT2D eigenvalue weighted by molar-refractivity contribution is -0.121. The fourth-order valence-electron chi connectivity index (χ4n) is 6.19. The van der Waals surface area contributed by atoms with Gasteiger partial charge in [-0.25, -0.2) is 14.8 Å². The van der Waals surface area contributed by atoms with E-state index in [1.165, 1.54) is 24.0 Å². The number of pyridine rings is 1. The molecule has 218 valence electrons. The van der Waals surface area contributed by atoms with Crippen molar-refractivity contribution in [1.29, 1.82) is 0 Å². The van der Waals surface area contributed by atoms with E-state index in [0.29, 0.717) is 41.5 Å². The molecule has 2 aromatic heterocycles. The second-order valence-electron chi connectivity index (χ2n) is 12.2. The number of anilines is 1. The quantitative estimate of drug-likeness (QED) is 0.364. The predicted octanol–water partition coefficient (Wildman–Crippen LogP) is 5.23. The van der Waals surface area contributed by atoms with Gasteiger partial charge in [0.15, 0.2) is 0 Å². The van der Waals surface area contributed by atoms with Gasteiger partial charge in [0.25, 0.3) is 5.91 Å². The lowest BCUT2D eigenvalue weighted by Gasteiger charge is -2.32. The van der Waals surface area contributed by atoms with Crippen molar-refractivity contribution in [2.24, 2.45) is 0 Å². The first kappa shape index (κ1) is 27.0. The number of aromatic nitrogens is 2. The number of nitrogens with zero attached hydrogens (tertiary/aromatic N) is 3. The Balaban J connectivity index is 1.07. The summed E-state index contributed by atoms with van der Waals surface area (Å²) in [6.07, 6.45) is 5.45. The molecule has 4 amide bonds. The SMILES string of the molecule is C=C1NC(=O)CCC1N1Cc2nc(NC(=O)NC(C)(C)c3nc4c(C5CCCO5)cc(C5CC5)cc4s3)ccc2C1=O. The number of urea groups is 1. The molecule has 1 saturated carbocycles. The minimum Gasteiger partial charge on any atom is -0.373 e. The molecule has 3 fully saturated rings. The van der Waals surface area contributed by atoms with Gasteiger partial charge in [-0.3, -0.25) is 14.9 Å². The summed E-state index contributed by atoms with van der Waals surface area (Å²) in [6.45, 7) is 8.89. The molecule has 4 aliphatic rings. The molecule has 1 aromatic carbocycles. The number of rotatable bonds is 6. The van der Waals surface area contributed by atoms with Crippen LogP contribution in [0.4, 0.5) is 10.6 Å². The molecule has 11 heteroatoms. The van der Waals surface area contributed by atoms with Crippen molar-refractivity contribution in [1.82, 2.24) is 25.5 Å². The zero-order chi connectivity index (χ0) is 29.2. The number of nitrogens with one attached hydrogen (secondary N) is 3. The van der Waals surface area contributed by atoms with Crippen LogP contribution >= 0.6 is 11.3 Å². The zero-order valence-corrected chi connectivity index (χ0v) is 24.6. The highest BCUT2D eigenvalue weighted by Gasteiger charge is 2.37. The molecule has 2 unspecified atom stereocenters. The summed E-state index contributed by atoms with van der Waals surface area (Å²) >= 11 is 1.61. The van der Waals surface area contributed by atoms with Crippen LogP contribution in [0, 0.1) is 0 Å². The van der Waals surface area contributed by atoms with Crippen LogP contribution in [0.2, 0.25) is 0 Å². The van der Waals surface area contributed by atoms with Crippen LogP contribution in [0.5, 0.6) is 0 Å². The van der Waals surface area contributed by atoms with Gasteiger partial charge in [-0.2, -0.15) is 0 Å². The topological polar surface area (TPSA) is 126 Å². The molecule has 3 aromatic rings. The molecular formula is C31H34N6O4S. The Morgan fingerprint density at radius 2 is 2.00 bits per heavy atom. The number of fused-ring (bicyclic) bond motifs is 2. The van der Waals surface area contributed by atoms with Gasteiger partial charge in [0.05, 0.1) is 45.7 Å². The number of carbonyl (C=O) groups excluding carboxylic acids is 3. The number of hydrogen-bond acceptors (Lipinski definition) is 7. The summed E-state index contributed by atoms with van der Waals surface area (Å²) in [7, 11) is 0. The zero-order valence-electron chi connectivity index (χ0n) is 23.8. The van der Waals surface area contributed by atoms with Crippen LogP contribution in [-0.4, -0.2) is 45.4 Å². The van der Waals surface area contributed by atoms with Gasteiger partial charge in [0.1, 0.15) is 10.8 Å². The van der Waals surface area contributed by atoms with Crippen molar-refractivity contribution in [3.05, 3.63) is 63.9 Å². The third kappa shape index (κ3) is 4.94. The van der Waals surface area contributed by atoms with Crippen molar-refractivity contribution >= 4 is 45.2 Å². The molecule has 3 N–H and O–H groups in total. The van der Waals surface area contributed by atoms with E-state index in [1.807, 2.05) is 13.8 Å². The largest absolute Gasteiger partial charge is 0.373 e. The number of piperidine rings is 1. The van der Waals surface area contributed by atoms with Crippen LogP contribution in [0.15, 0.2) is 36.5 Å². The van der Waals surface area contributed by atoms with E-state index in [-0.39, 0.29) is 30.5 Å². The summed E-state index contributed by atoms with van der Waals surface area (Å²) in [5.74, 6) is 0.740. The van der Waals surface area contributed by atoms with Crippen molar-refractivity contribution in [2.45, 2.75) is 82.5 Å². The first-order valence-corrected chi connectivity index (χ1v) is 15.4. The van der Waals surface area contributed by atoms with Gasteiger partial charge < -0.3 is 20.3 Å². The lowest BCUT2D eigenvalue weighted by Crippen LogP contribution is -2.45. The van der Waals surface area contributed by atoms with Crippen LogP contribution in [0.1, 0.15) is 96.6 Å². The van der Waals surface area contributed by atoms with E-state index >= 15 is 0 Å². The molecular weight excluding hydrogens is 552 g/mol. The molecule has 0 spiro atoms. The lowest BCUT2D eigenvalue weighted by atomic mass is 10.00. The van der Waals surface area contributed by atoms with Crippen LogP contribution in [-0.2, 0) is 21.6 Å². The first-order valence-electron chi connectivity index (χ1n) is 14.6. The minimum absolute atomic E-state index is 0.0733. The second kappa shape index (κ2) is 10.2. The van der Waals surface area contributed by atoms with Crippen molar-refractivity contribution in [3.8, 4) is 0 Å². The molecule has 0 bridgehead atoms. The highest BCUT2D eigenvalue weighted by atomic mass is 32.1. The molecule has 1 aliphatic carbocycles. The maximum atomic E-state index is 13.2. The van der Waals surface area contributed by atoms with Crippen molar-refractivity contribution in [2.75, 3.05) is 11.9 Å². The Morgan fingerprint density at radius 1 is 1.17 bits per heavy atom. The van der Waals surface area contributed by atoms with Crippen LogP contribution < -0.4 is 16.0 Å². The monoisotopic (exact) mass is 586 g/mol. The minimum atomic E-state index is -0.739. The summed E-state index contributed by atoms with van der Waals surface area (Å²) in [5, 5.41) is 9.46. The number of carbonyl (C=O) groups is 3. The molecule has 0 radical (unpaired) electrons. The first-order chi connectivity index (χ1) is 20.2. The van der Waals surface area contributed by atoms with Gasteiger partial charge >= 0.3 is 6.03 Å². The van der Waals surface area contributed by atoms with Crippen molar-refractivity contribution in [3.63, 3.8) is 0 Å². The van der Waals surface area contributed by atoms with Gasteiger partial charge in [-0.1, -0.05) is 12.6 Å². The number of benzene rings is 1. The van der Waals surface area contributed by atoms with Crippen molar-refractivity contribution < 1.29 is 19.1 Å². The number of ether oxygens (including phenoxy) is 1. The molecule has 3 aliphatic heterocycles. The number of thiazole rings is 1. The average Bonchev–Trinajstić information content (AvgIpc) is 3.32. The normalized spacial score (nSPS) is 22.4. The van der Waals surface area contributed by atoms with E-state index in [2.05, 4.69) is 39.6 Å². The van der Waals surface area contributed by atoms with Crippen LogP contribution in [0.25, 0.3) is 10.2 Å². The summed E-state index contributed by atoms with van der Waals surface area (Å²) in [6, 6.07) is 7.19. The number of amides is 4. The fourth-order valence-corrected chi connectivity index (χ4v) is 7.29. The molecule has 5 heterocycles. The highest BCUT2D eigenvalue weighted by Crippen LogP contribution is 2.45. The van der Waals surface area contributed by atoms with Gasteiger partial charge in [-0.15, -0.1) is 11.3 Å². The predicted molar refractivity (Wildman–Crippen MR) is 159 cm³/mol. The smallest absolute Gasteiger partial charge is 0.321 e. The molecule has 7 rings (SSSR count). The third-order valence-electron chi connectivity index (χ3n) is 8.58. The van der Waals surface area contributed by atoms with E-state index in [4.69, 9.17) is 9.72 Å². The summed E-state index contributed by atoms with van der Waals surface area (Å²) in [5.41, 5.74) is 4.36. The highest BCUT2D eigenvalue weighted by molar-refractivity contribution is 7.18. The Labute approximate surface area is 247 Å². The Hall–Kier alpha value is -3.83. The maximum absolute atomic E-state index is 13.2. The van der Waals surface area contributed by atoms with Gasteiger partial charge in [-0.05, 0) is 75.6 Å². The summed E-state index contributed by atoms with van der Waals surface area (Å²) in [4.78, 5) is 49.2. The Kier molecular flexibility index (Phi) is 6.54. The van der Waals surface area contributed by atoms with E-state index in [1.54, 1.807) is 28.4 Å². The average molecular weight is 587 g/mol. The van der Waals surface area contributed by atoms with Gasteiger partial charge in [0, 0.05) is 24.3 Å². The van der Waals surface area contributed by atoms with Crippen LogP contribution in [0.3, 0.4) is 0 Å². The number of hydrogen-bond donors (Lipinski definition) is 3. The Morgan fingerprint density at radius 3 is 2.74 bits per heavy atom.